The molecule has 0 bridgehead atoms. The molecule has 0 aromatic carbocycles. The van der Waals surface area contributed by atoms with Gasteiger partial charge in [-0.3, -0.25) is 0 Å². The summed E-state index contributed by atoms with van der Waals surface area (Å²) in [5, 5.41) is 9.87. The van der Waals surface area contributed by atoms with Crippen molar-refractivity contribution < 1.29 is 9.84 Å². The molecule has 2 heteroatoms. The fraction of sp³-hybridized carbons (Fsp3) is 0.538. The molecular weight excluding hydrogens is 188 g/mol. The van der Waals surface area contributed by atoms with Crippen molar-refractivity contribution in [3.63, 3.8) is 0 Å². The largest absolute Gasteiger partial charge is 0.392 e. The maximum absolute atomic E-state index is 9.87. The summed E-state index contributed by atoms with van der Waals surface area (Å²) in [6.07, 6.45) is 4.63. The maximum atomic E-state index is 9.87. The van der Waals surface area contributed by atoms with Gasteiger partial charge in [0, 0.05) is 5.92 Å². The molecule has 0 aromatic rings. The molecular formula is C13H18O2. The fourth-order valence-corrected chi connectivity index (χ4v) is 2.11. The first-order valence-corrected chi connectivity index (χ1v) is 5.42. The van der Waals surface area contributed by atoms with Gasteiger partial charge in [0.1, 0.15) is 0 Å². The van der Waals surface area contributed by atoms with Crippen LogP contribution in [0.1, 0.15) is 20.3 Å². The van der Waals surface area contributed by atoms with E-state index in [1.807, 2.05) is 0 Å². The molecule has 3 atom stereocenters. The summed E-state index contributed by atoms with van der Waals surface area (Å²) in [6, 6.07) is 0. The highest BCUT2D eigenvalue weighted by Crippen LogP contribution is 2.40. The van der Waals surface area contributed by atoms with E-state index in [1.165, 1.54) is 5.57 Å². The normalized spacial score (nSPS) is 37.1. The van der Waals surface area contributed by atoms with Crippen LogP contribution < -0.4 is 0 Å². The molecule has 1 aliphatic carbocycles. The molecule has 1 heterocycles. The lowest BCUT2D eigenvalue weighted by molar-refractivity contribution is -0.145. The van der Waals surface area contributed by atoms with E-state index in [2.05, 4.69) is 32.6 Å². The first kappa shape index (κ1) is 10.7. The van der Waals surface area contributed by atoms with Gasteiger partial charge in [-0.05, 0) is 31.4 Å². The van der Waals surface area contributed by atoms with Gasteiger partial charge in [-0.25, -0.2) is 0 Å². The van der Waals surface area contributed by atoms with Crippen molar-refractivity contribution in [3.8, 4) is 0 Å². The van der Waals surface area contributed by atoms with Crippen LogP contribution >= 0.6 is 0 Å². The number of aliphatic hydroxyl groups excluding tert-OH is 1. The molecule has 1 saturated carbocycles. The second kappa shape index (κ2) is 3.95. The zero-order valence-electron chi connectivity index (χ0n) is 9.36. The molecule has 2 fully saturated rings. The van der Waals surface area contributed by atoms with Crippen molar-refractivity contribution >= 4 is 0 Å². The van der Waals surface area contributed by atoms with Gasteiger partial charge in [0.25, 0.3) is 0 Å². The van der Waals surface area contributed by atoms with Crippen LogP contribution in [0.2, 0.25) is 0 Å². The van der Waals surface area contributed by atoms with Crippen LogP contribution in [-0.2, 0) is 4.74 Å². The van der Waals surface area contributed by atoms with Gasteiger partial charge in [0.2, 0.25) is 0 Å². The second-order valence-electron chi connectivity index (χ2n) is 4.65. The van der Waals surface area contributed by atoms with Gasteiger partial charge in [0.15, 0.2) is 0 Å². The molecule has 0 unspecified atom stereocenters. The lowest BCUT2D eigenvalue weighted by Crippen LogP contribution is -2.51. The number of rotatable bonds is 1. The number of aliphatic hydroxyl groups is 1. The van der Waals surface area contributed by atoms with Gasteiger partial charge >= 0.3 is 0 Å². The van der Waals surface area contributed by atoms with Crippen LogP contribution in [0.15, 0.2) is 35.5 Å². The first-order valence-electron chi connectivity index (χ1n) is 5.42. The molecule has 1 aliphatic heterocycles. The van der Waals surface area contributed by atoms with E-state index >= 15 is 0 Å². The quantitative estimate of drug-likeness (QED) is 0.712. The average molecular weight is 206 g/mol. The minimum absolute atomic E-state index is 0.0607. The van der Waals surface area contributed by atoms with Gasteiger partial charge in [-0.2, -0.15) is 0 Å². The molecule has 15 heavy (non-hydrogen) atoms. The van der Waals surface area contributed by atoms with E-state index in [1.54, 1.807) is 0 Å². The third-order valence-corrected chi connectivity index (χ3v) is 3.15. The topological polar surface area (TPSA) is 29.5 Å². The average Bonchev–Trinajstić information content (AvgIpc) is 2.07. The predicted octanol–water partition coefficient (Wildman–Crippen LogP) is 2.21. The minimum Gasteiger partial charge on any atom is -0.392 e. The smallest absolute Gasteiger partial charge is 0.0897 e. The van der Waals surface area contributed by atoms with Crippen molar-refractivity contribution in [1.29, 1.82) is 0 Å². The zero-order valence-corrected chi connectivity index (χ0v) is 9.36. The van der Waals surface area contributed by atoms with Crippen molar-refractivity contribution in [2.75, 3.05) is 6.61 Å². The number of fused-ring (bicyclic) bond motifs is 1. The summed E-state index contributed by atoms with van der Waals surface area (Å²) in [5.41, 5.74) is 3.43. The van der Waals surface area contributed by atoms with E-state index in [9.17, 15) is 5.11 Å². The van der Waals surface area contributed by atoms with E-state index in [4.69, 9.17) is 4.74 Å². The minimum atomic E-state index is -0.258. The van der Waals surface area contributed by atoms with E-state index in [0.717, 1.165) is 11.1 Å². The summed E-state index contributed by atoms with van der Waals surface area (Å²) in [5.74, 6) is 0.279. The number of hydrogen-bond donors (Lipinski definition) is 1. The molecule has 2 nitrogen and oxygen atoms in total. The van der Waals surface area contributed by atoms with E-state index < -0.39 is 0 Å². The Bertz CT molecular complexity index is 334. The highest BCUT2D eigenvalue weighted by molar-refractivity contribution is 5.40. The fourth-order valence-electron chi connectivity index (χ4n) is 2.11. The molecule has 1 N–H and O–H groups in total. The Morgan fingerprint density at radius 2 is 2.27 bits per heavy atom. The van der Waals surface area contributed by atoms with Crippen LogP contribution in [0, 0.1) is 5.92 Å². The van der Waals surface area contributed by atoms with Crippen molar-refractivity contribution in [3.05, 3.63) is 35.5 Å². The number of hydrogen-bond acceptors (Lipinski definition) is 2. The van der Waals surface area contributed by atoms with Gasteiger partial charge < -0.3 is 9.84 Å². The summed E-state index contributed by atoms with van der Waals surface area (Å²) in [7, 11) is 0. The molecule has 2 aliphatic rings. The summed E-state index contributed by atoms with van der Waals surface area (Å²) < 4.78 is 5.43. The third kappa shape index (κ3) is 1.92. The van der Waals surface area contributed by atoms with Gasteiger partial charge in [-0.1, -0.05) is 24.3 Å². The molecule has 82 valence electrons. The van der Waals surface area contributed by atoms with Crippen LogP contribution in [0.3, 0.4) is 0 Å². The highest BCUT2D eigenvalue weighted by atomic mass is 16.5. The molecule has 2 rings (SSSR count). The Hall–Kier alpha value is -0.860. The van der Waals surface area contributed by atoms with Crippen LogP contribution in [0.5, 0.6) is 0 Å². The molecule has 0 spiro atoms. The van der Waals surface area contributed by atoms with E-state index in [0.29, 0.717) is 13.0 Å². The highest BCUT2D eigenvalue weighted by Gasteiger charge is 2.44. The summed E-state index contributed by atoms with van der Waals surface area (Å²) in [4.78, 5) is 0. The predicted molar refractivity (Wildman–Crippen MR) is 60.5 cm³/mol. The molecule has 0 amide bonds. The number of allylic oxidation sites excluding steroid dienone is 3. The van der Waals surface area contributed by atoms with Gasteiger partial charge in [-0.15, -0.1) is 0 Å². The SMILES string of the molecule is C=C1/C(=C/C=C(C)C)C[C@@H](O)[C@H]2CO[C@H]12. The second-order valence-corrected chi connectivity index (χ2v) is 4.65. The molecule has 1 saturated heterocycles. The zero-order chi connectivity index (χ0) is 11.0. The van der Waals surface area contributed by atoms with Gasteiger partial charge in [0.05, 0.1) is 18.8 Å². The Labute approximate surface area is 90.9 Å². The van der Waals surface area contributed by atoms with Crippen molar-refractivity contribution in [1.82, 2.24) is 0 Å². The molecule has 0 radical (unpaired) electrons. The summed E-state index contributed by atoms with van der Waals surface area (Å²) >= 11 is 0. The Balaban J connectivity index is 2.16. The van der Waals surface area contributed by atoms with E-state index in [-0.39, 0.29) is 18.1 Å². The van der Waals surface area contributed by atoms with Crippen molar-refractivity contribution in [2.24, 2.45) is 5.92 Å². The Kier molecular flexibility index (Phi) is 2.81. The molecule has 0 aromatic heterocycles. The lowest BCUT2D eigenvalue weighted by Gasteiger charge is -2.45. The maximum Gasteiger partial charge on any atom is 0.0897 e. The van der Waals surface area contributed by atoms with Crippen LogP contribution in [0.25, 0.3) is 0 Å². The Morgan fingerprint density at radius 3 is 2.80 bits per heavy atom. The van der Waals surface area contributed by atoms with Crippen molar-refractivity contribution in [2.45, 2.75) is 32.5 Å². The third-order valence-electron chi connectivity index (χ3n) is 3.15. The monoisotopic (exact) mass is 206 g/mol. The number of ether oxygens (including phenoxy) is 1. The van der Waals surface area contributed by atoms with Crippen LogP contribution in [0.4, 0.5) is 0 Å². The lowest BCUT2D eigenvalue weighted by atomic mass is 9.75. The summed E-state index contributed by atoms with van der Waals surface area (Å²) in [6.45, 7) is 8.85. The van der Waals surface area contributed by atoms with Crippen LogP contribution in [-0.4, -0.2) is 23.9 Å². The Morgan fingerprint density at radius 1 is 1.53 bits per heavy atom. The first-order chi connectivity index (χ1) is 7.09. The standard InChI is InChI=1S/C13H18O2/c1-8(2)4-5-10-6-12(14)11-7-15-13(11)9(10)3/h4-5,11-14H,3,6-7H2,1-2H3/b10-5+/t11-,12-,13-/m1/s1.